The summed E-state index contributed by atoms with van der Waals surface area (Å²) in [6.07, 6.45) is 4.83. The highest BCUT2D eigenvalue weighted by molar-refractivity contribution is 5.27. The minimum atomic E-state index is -0.403. The molecule has 1 heterocycles. The molecule has 0 unspecified atom stereocenters. The smallest absolute Gasteiger partial charge is 0.231 e. The fourth-order valence-electron chi connectivity index (χ4n) is 3.00. The summed E-state index contributed by atoms with van der Waals surface area (Å²) < 4.78 is 5.43. The lowest BCUT2D eigenvalue weighted by Crippen LogP contribution is -2.41. The zero-order valence-corrected chi connectivity index (χ0v) is 12.8. The highest BCUT2D eigenvalue weighted by atomic mass is 16.5. The molecule has 1 fully saturated rings. The van der Waals surface area contributed by atoms with Gasteiger partial charge in [-0.15, -0.1) is 0 Å². The predicted octanol–water partition coefficient (Wildman–Crippen LogP) is 3.33. The second-order valence-corrected chi connectivity index (χ2v) is 6.45. The van der Waals surface area contributed by atoms with Crippen LogP contribution < -0.4 is 5.73 Å². The minimum Gasteiger partial charge on any atom is -0.339 e. The number of aryl methyl sites for hydroxylation is 1. The molecule has 1 aromatic carbocycles. The van der Waals surface area contributed by atoms with Gasteiger partial charge in [0.1, 0.15) is 0 Å². The Morgan fingerprint density at radius 1 is 1.29 bits per heavy atom. The Hall–Kier alpha value is -1.68. The quantitative estimate of drug-likeness (QED) is 0.939. The van der Waals surface area contributed by atoms with Crippen LogP contribution in [0.15, 0.2) is 28.8 Å². The van der Waals surface area contributed by atoms with Crippen molar-refractivity contribution < 1.29 is 4.52 Å². The molecule has 0 spiro atoms. The summed E-state index contributed by atoms with van der Waals surface area (Å²) in [5.41, 5.74) is 8.55. The first-order valence-electron chi connectivity index (χ1n) is 7.73. The van der Waals surface area contributed by atoms with E-state index in [1.807, 2.05) is 12.1 Å². The predicted molar refractivity (Wildman–Crippen MR) is 81.8 cm³/mol. The van der Waals surface area contributed by atoms with Gasteiger partial charge in [0.2, 0.25) is 5.89 Å². The van der Waals surface area contributed by atoms with E-state index >= 15 is 0 Å². The summed E-state index contributed by atoms with van der Waals surface area (Å²) in [6, 6.07) is 8.27. The van der Waals surface area contributed by atoms with Crippen molar-refractivity contribution in [2.75, 3.05) is 0 Å². The maximum atomic E-state index is 6.49. The summed E-state index contributed by atoms with van der Waals surface area (Å²) in [6.45, 7) is 4.37. The average Bonchev–Trinajstić information content (AvgIpc) is 2.94. The van der Waals surface area contributed by atoms with E-state index in [1.54, 1.807) is 0 Å². The Morgan fingerprint density at radius 2 is 2.00 bits per heavy atom. The van der Waals surface area contributed by atoms with Gasteiger partial charge in [0.25, 0.3) is 0 Å². The SMILES string of the molecule is Cc1ccccc1Cc1nc(C2(N)CCC(C)CC2)no1. The molecule has 0 atom stereocenters. The number of rotatable bonds is 3. The topological polar surface area (TPSA) is 64.9 Å². The lowest BCUT2D eigenvalue weighted by Gasteiger charge is -2.33. The monoisotopic (exact) mass is 285 g/mol. The van der Waals surface area contributed by atoms with Crippen molar-refractivity contribution in [2.24, 2.45) is 11.7 Å². The van der Waals surface area contributed by atoms with Crippen LogP contribution in [0.2, 0.25) is 0 Å². The largest absolute Gasteiger partial charge is 0.339 e. The molecule has 21 heavy (non-hydrogen) atoms. The number of nitrogens with zero attached hydrogens (tertiary/aromatic N) is 2. The van der Waals surface area contributed by atoms with Gasteiger partial charge in [0.15, 0.2) is 5.82 Å². The average molecular weight is 285 g/mol. The van der Waals surface area contributed by atoms with Gasteiger partial charge in [-0.1, -0.05) is 36.3 Å². The fourth-order valence-corrected chi connectivity index (χ4v) is 3.00. The third-order valence-corrected chi connectivity index (χ3v) is 4.68. The molecule has 0 bridgehead atoms. The van der Waals surface area contributed by atoms with Crippen LogP contribution in [0.1, 0.15) is 55.4 Å². The molecule has 2 aromatic rings. The van der Waals surface area contributed by atoms with Crippen LogP contribution in [-0.2, 0) is 12.0 Å². The molecule has 1 aliphatic carbocycles. The molecular formula is C17H23N3O. The lowest BCUT2D eigenvalue weighted by molar-refractivity contribution is 0.230. The van der Waals surface area contributed by atoms with E-state index in [1.165, 1.54) is 11.1 Å². The van der Waals surface area contributed by atoms with Gasteiger partial charge >= 0.3 is 0 Å². The summed E-state index contributed by atoms with van der Waals surface area (Å²) in [7, 11) is 0. The molecule has 112 valence electrons. The number of benzene rings is 1. The fraction of sp³-hybridized carbons (Fsp3) is 0.529. The van der Waals surface area contributed by atoms with Gasteiger partial charge < -0.3 is 10.3 Å². The van der Waals surface area contributed by atoms with E-state index in [0.717, 1.165) is 31.6 Å². The van der Waals surface area contributed by atoms with Gasteiger partial charge in [-0.05, 0) is 49.7 Å². The van der Waals surface area contributed by atoms with E-state index in [0.29, 0.717) is 18.1 Å². The molecule has 1 aromatic heterocycles. The van der Waals surface area contributed by atoms with E-state index in [2.05, 4.69) is 36.1 Å². The number of hydrogen-bond acceptors (Lipinski definition) is 4. The van der Waals surface area contributed by atoms with Crippen LogP contribution in [0.5, 0.6) is 0 Å². The van der Waals surface area contributed by atoms with Crippen molar-refractivity contribution in [3.8, 4) is 0 Å². The van der Waals surface area contributed by atoms with Gasteiger partial charge in [-0.2, -0.15) is 4.98 Å². The van der Waals surface area contributed by atoms with Gasteiger partial charge in [0, 0.05) is 0 Å². The molecule has 3 rings (SSSR count). The maximum Gasteiger partial charge on any atom is 0.231 e. The standard InChI is InChI=1S/C17H23N3O/c1-12-7-9-17(18,10-8-12)16-19-15(21-20-16)11-14-6-4-3-5-13(14)2/h3-6,12H,7-11,18H2,1-2H3. The molecule has 1 saturated carbocycles. The Morgan fingerprint density at radius 3 is 2.71 bits per heavy atom. The van der Waals surface area contributed by atoms with Crippen molar-refractivity contribution in [3.63, 3.8) is 0 Å². The van der Waals surface area contributed by atoms with Crippen molar-refractivity contribution in [3.05, 3.63) is 47.1 Å². The number of hydrogen-bond donors (Lipinski definition) is 1. The van der Waals surface area contributed by atoms with Crippen molar-refractivity contribution in [1.29, 1.82) is 0 Å². The maximum absolute atomic E-state index is 6.49. The van der Waals surface area contributed by atoms with Crippen molar-refractivity contribution in [2.45, 2.75) is 51.5 Å². The van der Waals surface area contributed by atoms with Gasteiger partial charge in [-0.3, -0.25) is 0 Å². The summed E-state index contributed by atoms with van der Waals surface area (Å²) >= 11 is 0. The molecule has 0 radical (unpaired) electrons. The Kier molecular flexibility index (Phi) is 3.81. The molecule has 0 saturated heterocycles. The molecule has 2 N–H and O–H groups in total. The van der Waals surface area contributed by atoms with Crippen LogP contribution in [0.3, 0.4) is 0 Å². The first-order chi connectivity index (χ1) is 10.1. The van der Waals surface area contributed by atoms with Crippen LogP contribution >= 0.6 is 0 Å². The van der Waals surface area contributed by atoms with Crippen LogP contribution in [0.25, 0.3) is 0 Å². The Balaban J connectivity index is 1.76. The summed E-state index contributed by atoms with van der Waals surface area (Å²) in [5, 5.41) is 4.15. The molecule has 4 nitrogen and oxygen atoms in total. The van der Waals surface area contributed by atoms with Crippen molar-refractivity contribution >= 4 is 0 Å². The van der Waals surface area contributed by atoms with Crippen LogP contribution in [0, 0.1) is 12.8 Å². The first kappa shape index (κ1) is 14.3. The highest BCUT2D eigenvalue weighted by Crippen LogP contribution is 2.36. The third-order valence-electron chi connectivity index (χ3n) is 4.68. The van der Waals surface area contributed by atoms with Crippen molar-refractivity contribution in [1.82, 2.24) is 10.1 Å². The van der Waals surface area contributed by atoms with E-state index < -0.39 is 5.54 Å². The van der Waals surface area contributed by atoms with Gasteiger partial charge in [-0.25, -0.2) is 0 Å². The van der Waals surface area contributed by atoms with Gasteiger partial charge in [0.05, 0.1) is 12.0 Å². The molecule has 1 aliphatic rings. The molecule has 0 aliphatic heterocycles. The number of nitrogens with two attached hydrogens (primary N) is 1. The summed E-state index contributed by atoms with van der Waals surface area (Å²) in [4.78, 5) is 4.56. The molecular weight excluding hydrogens is 262 g/mol. The highest BCUT2D eigenvalue weighted by Gasteiger charge is 2.36. The molecule has 0 amide bonds. The Labute approximate surface area is 125 Å². The zero-order valence-electron chi connectivity index (χ0n) is 12.8. The first-order valence-corrected chi connectivity index (χ1v) is 7.73. The second-order valence-electron chi connectivity index (χ2n) is 6.45. The zero-order chi connectivity index (χ0) is 14.9. The van der Waals surface area contributed by atoms with Crippen LogP contribution in [-0.4, -0.2) is 10.1 Å². The normalized spacial score (nSPS) is 26.0. The summed E-state index contributed by atoms with van der Waals surface area (Å²) in [5.74, 6) is 2.08. The second kappa shape index (κ2) is 5.60. The van der Waals surface area contributed by atoms with E-state index in [9.17, 15) is 0 Å². The number of aromatic nitrogens is 2. The lowest BCUT2D eigenvalue weighted by atomic mass is 9.77. The third kappa shape index (κ3) is 3.00. The Bertz CT molecular complexity index is 612. The van der Waals surface area contributed by atoms with E-state index in [4.69, 9.17) is 10.3 Å². The van der Waals surface area contributed by atoms with Crippen LogP contribution in [0.4, 0.5) is 0 Å². The minimum absolute atomic E-state index is 0.403. The molecule has 4 heteroatoms. The van der Waals surface area contributed by atoms with E-state index in [-0.39, 0.29) is 0 Å².